The number of alkyl carbamates (subject to hydrolysis) is 1. The second-order valence-electron chi connectivity index (χ2n) is 8.73. The van der Waals surface area contributed by atoms with E-state index in [1.807, 2.05) is 34.6 Å². The van der Waals surface area contributed by atoms with Crippen LogP contribution in [0, 0.1) is 5.41 Å². The molecule has 2 saturated carbocycles. The number of carbonyl (C=O) groups is 1. The Morgan fingerprint density at radius 2 is 1.82 bits per heavy atom. The monoisotopic (exact) mass is 312 g/mol. The summed E-state index contributed by atoms with van der Waals surface area (Å²) in [5.41, 5.74) is -0.801. The third-order valence-corrected chi connectivity index (χ3v) is 4.69. The zero-order valence-electron chi connectivity index (χ0n) is 14.7. The molecular weight excluding hydrogens is 280 g/mol. The van der Waals surface area contributed by atoms with Gasteiger partial charge in [0.15, 0.2) is 0 Å². The molecule has 3 N–H and O–H groups in total. The Labute approximate surface area is 134 Å². The minimum atomic E-state index is -0.657. The van der Waals surface area contributed by atoms with Crippen LogP contribution in [0.4, 0.5) is 4.79 Å². The summed E-state index contributed by atoms with van der Waals surface area (Å²) in [4.78, 5) is 11.8. The molecular formula is C17H32N2O3. The molecule has 1 unspecified atom stereocenters. The Bertz CT molecular complexity index is 401. The molecule has 0 aliphatic heterocycles. The summed E-state index contributed by atoms with van der Waals surface area (Å²) >= 11 is 0. The normalized spacial score (nSPS) is 31.9. The van der Waals surface area contributed by atoms with Crippen LogP contribution in [0.2, 0.25) is 0 Å². The van der Waals surface area contributed by atoms with Crippen molar-refractivity contribution in [2.24, 2.45) is 5.41 Å². The SMILES string of the molecule is CC(C)(O)CNC1CCC2(CC1)CC2NC(=O)OC(C)(C)C. The fourth-order valence-corrected chi connectivity index (χ4v) is 3.35. The molecule has 0 radical (unpaired) electrons. The second-order valence-corrected chi connectivity index (χ2v) is 8.73. The van der Waals surface area contributed by atoms with Gasteiger partial charge < -0.3 is 20.5 Å². The number of ether oxygens (including phenoxy) is 1. The number of carbonyl (C=O) groups excluding carboxylic acids is 1. The molecule has 5 heteroatoms. The Morgan fingerprint density at radius 3 is 2.32 bits per heavy atom. The predicted molar refractivity (Wildman–Crippen MR) is 86.8 cm³/mol. The molecule has 0 heterocycles. The van der Waals surface area contributed by atoms with Gasteiger partial charge >= 0.3 is 6.09 Å². The Morgan fingerprint density at radius 1 is 1.23 bits per heavy atom. The van der Waals surface area contributed by atoms with Crippen molar-refractivity contribution in [2.45, 2.75) is 90.0 Å². The van der Waals surface area contributed by atoms with Gasteiger partial charge in [0, 0.05) is 18.6 Å². The number of amides is 1. The maximum absolute atomic E-state index is 11.8. The minimum absolute atomic E-state index is 0.276. The number of hydrogen-bond donors (Lipinski definition) is 3. The van der Waals surface area contributed by atoms with Gasteiger partial charge in [-0.25, -0.2) is 4.79 Å². The smallest absolute Gasteiger partial charge is 0.407 e. The third kappa shape index (κ3) is 5.13. The molecule has 0 aromatic carbocycles. The van der Waals surface area contributed by atoms with Crippen LogP contribution in [-0.2, 0) is 4.74 Å². The van der Waals surface area contributed by atoms with Crippen molar-refractivity contribution < 1.29 is 14.6 Å². The van der Waals surface area contributed by atoms with Gasteiger partial charge in [0.05, 0.1) is 5.60 Å². The third-order valence-electron chi connectivity index (χ3n) is 4.69. The molecule has 2 aliphatic carbocycles. The summed E-state index contributed by atoms with van der Waals surface area (Å²) in [5, 5.41) is 16.2. The van der Waals surface area contributed by atoms with Crippen LogP contribution in [0.5, 0.6) is 0 Å². The summed E-state index contributed by atoms with van der Waals surface area (Å²) in [6, 6.07) is 0.761. The van der Waals surface area contributed by atoms with Crippen molar-refractivity contribution in [3.8, 4) is 0 Å². The fraction of sp³-hybridized carbons (Fsp3) is 0.941. The molecule has 0 aromatic rings. The van der Waals surface area contributed by atoms with Crippen LogP contribution >= 0.6 is 0 Å². The highest BCUT2D eigenvalue weighted by Crippen LogP contribution is 2.56. The highest BCUT2D eigenvalue weighted by atomic mass is 16.6. The van der Waals surface area contributed by atoms with Crippen molar-refractivity contribution in [1.29, 1.82) is 0 Å². The molecule has 22 heavy (non-hydrogen) atoms. The van der Waals surface area contributed by atoms with Crippen LogP contribution in [0.25, 0.3) is 0 Å². The number of hydrogen-bond acceptors (Lipinski definition) is 4. The first-order valence-corrected chi connectivity index (χ1v) is 8.44. The lowest BCUT2D eigenvalue weighted by atomic mass is 9.82. The maximum Gasteiger partial charge on any atom is 0.407 e. The molecule has 0 aromatic heterocycles. The molecule has 1 atom stereocenters. The van der Waals surface area contributed by atoms with E-state index in [0.29, 0.717) is 18.0 Å². The summed E-state index contributed by atoms with van der Waals surface area (Å²) in [6.45, 7) is 9.93. The van der Waals surface area contributed by atoms with Gasteiger partial charge in [-0.05, 0) is 72.1 Å². The molecule has 1 amide bonds. The van der Waals surface area contributed by atoms with E-state index in [2.05, 4.69) is 10.6 Å². The molecule has 2 rings (SSSR count). The van der Waals surface area contributed by atoms with E-state index in [0.717, 1.165) is 32.1 Å². The average Bonchev–Trinajstić information content (AvgIpc) is 2.97. The van der Waals surface area contributed by atoms with Crippen LogP contribution in [-0.4, -0.2) is 41.0 Å². The van der Waals surface area contributed by atoms with Crippen LogP contribution in [0.3, 0.4) is 0 Å². The molecule has 1 spiro atoms. The topological polar surface area (TPSA) is 70.6 Å². The van der Waals surface area contributed by atoms with Gasteiger partial charge in [-0.1, -0.05) is 0 Å². The fourth-order valence-electron chi connectivity index (χ4n) is 3.35. The number of aliphatic hydroxyl groups is 1. The highest BCUT2D eigenvalue weighted by Gasteiger charge is 2.56. The largest absolute Gasteiger partial charge is 0.444 e. The maximum atomic E-state index is 11.8. The lowest BCUT2D eigenvalue weighted by molar-refractivity contribution is 0.0508. The number of rotatable bonds is 4. The first kappa shape index (κ1) is 17.5. The lowest BCUT2D eigenvalue weighted by Crippen LogP contribution is -2.43. The molecule has 0 saturated heterocycles. The van der Waals surface area contributed by atoms with Gasteiger partial charge in [0.25, 0.3) is 0 Å². The van der Waals surface area contributed by atoms with E-state index in [-0.39, 0.29) is 12.1 Å². The zero-order valence-corrected chi connectivity index (χ0v) is 14.7. The standard InChI is InChI=1S/C17H32N2O3/c1-15(2,3)22-14(20)19-13-10-17(13)8-6-12(7-9-17)18-11-16(4,5)21/h12-13,18,21H,6-11H2,1-5H3,(H,19,20). The first-order chi connectivity index (χ1) is 9.99. The molecule has 128 valence electrons. The van der Waals surface area contributed by atoms with Crippen molar-refractivity contribution >= 4 is 6.09 Å². The molecule has 2 aliphatic rings. The molecule has 5 nitrogen and oxygen atoms in total. The summed E-state index contributed by atoms with van der Waals surface area (Å²) in [7, 11) is 0. The van der Waals surface area contributed by atoms with Crippen molar-refractivity contribution in [3.63, 3.8) is 0 Å². The Balaban J connectivity index is 1.71. The summed E-state index contributed by atoms with van der Waals surface area (Å²) in [5.74, 6) is 0. The first-order valence-electron chi connectivity index (χ1n) is 8.44. The van der Waals surface area contributed by atoms with E-state index >= 15 is 0 Å². The average molecular weight is 312 g/mol. The van der Waals surface area contributed by atoms with Crippen molar-refractivity contribution in [2.75, 3.05) is 6.54 Å². The lowest BCUT2D eigenvalue weighted by Gasteiger charge is -2.32. The number of nitrogens with one attached hydrogen (secondary N) is 2. The van der Waals surface area contributed by atoms with E-state index in [9.17, 15) is 9.90 Å². The molecule has 2 fully saturated rings. The highest BCUT2D eigenvalue weighted by molar-refractivity contribution is 5.68. The van der Waals surface area contributed by atoms with E-state index in [4.69, 9.17) is 4.74 Å². The zero-order chi connectivity index (χ0) is 16.6. The van der Waals surface area contributed by atoms with Crippen LogP contribution in [0.1, 0.15) is 66.7 Å². The quantitative estimate of drug-likeness (QED) is 0.746. The van der Waals surface area contributed by atoms with Crippen LogP contribution < -0.4 is 10.6 Å². The van der Waals surface area contributed by atoms with E-state index in [1.165, 1.54) is 0 Å². The van der Waals surface area contributed by atoms with Crippen molar-refractivity contribution in [1.82, 2.24) is 10.6 Å². The predicted octanol–water partition coefficient (Wildman–Crippen LogP) is 2.57. The Hall–Kier alpha value is -0.810. The van der Waals surface area contributed by atoms with Crippen LogP contribution in [0.15, 0.2) is 0 Å². The van der Waals surface area contributed by atoms with Gasteiger partial charge in [-0.3, -0.25) is 0 Å². The van der Waals surface area contributed by atoms with Crippen molar-refractivity contribution in [3.05, 3.63) is 0 Å². The minimum Gasteiger partial charge on any atom is -0.444 e. The van der Waals surface area contributed by atoms with E-state index < -0.39 is 11.2 Å². The van der Waals surface area contributed by atoms with E-state index in [1.54, 1.807) is 0 Å². The van der Waals surface area contributed by atoms with Gasteiger partial charge in [-0.15, -0.1) is 0 Å². The van der Waals surface area contributed by atoms with Gasteiger partial charge in [0.2, 0.25) is 0 Å². The summed E-state index contributed by atoms with van der Waals surface area (Å²) < 4.78 is 5.33. The summed E-state index contributed by atoms with van der Waals surface area (Å²) in [6.07, 6.45) is 5.28. The Kier molecular flexibility index (Phi) is 4.79. The van der Waals surface area contributed by atoms with Gasteiger partial charge in [0.1, 0.15) is 5.60 Å². The molecule has 0 bridgehead atoms. The van der Waals surface area contributed by atoms with Gasteiger partial charge in [-0.2, -0.15) is 0 Å². The second kappa shape index (κ2) is 6.00.